The van der Waals surface area contributed by atoms with Gasteiger partial charge in [-0.1, -0.05) is 39.4 Å². The number of hydrogen-bond donors (Lipinski definition) is 1. The van der Waals surface area contributed by atoms with Gasteiger partial charge in [-0.2, -0.15) is 0 Å². The van der Waals surface area contributed by atoms with Crippen LogP contribution in [0, 0.1) is 16.6 Å². The molecule has 34 heavy (non-hydrogen) atoms. The summed E-state index contributed by atoms with van der Waals surface area (Å²) in [6, 6.07) is 7.69. The van der Waals surface area contributed by atoms with Crippen LogP contribution in [0.25, 0.3) is 5.69 Å². The number of ether oxygens (including phenoxy) is 1. The number of hydrogen-bond acceptors (Lipinski definition) is 6. The van der Waals surface area contributed by atoms with Crippen LogP contribution in [0.2, 0.25) is 5.02 Å². The molecular formula is C23H21ClFIN6O2. The van der Waals surface area contributed by atoms with E-state index in [1.165, 1.54) is 23.0 Å². The lowest BCUT2D eigenvalue weighted by atomic mass is 9.43. The first-order chi connectivity index (χ1) is 16.5. The van der Waals surface area contributed by atoms with Crippen molar-refractivity contribution < 1.29 is 13.9 Å². The smallest absolute Gasteiger partial charge is 0.257 e. The SMILES string of the molecule is N=CC12CCC1(COc1ccc(F)cn1)N(C(=O)c1cc(Cl)ccc1-n1ccnn1)C2CCI. The molecule has 1 aliphatic carbocycles. The number of nitrogens with zero attached hydrogens (tertiary/aromatic N) is 5. The van der Waals surface area contributed by atoms with E-state index in [0.717, 1.165) is 23.5 Å². The Kier molecular flexibility index (Phi) is 6.05. The molecule has 3 heterocycles. The molecule has 3 atom stereocenters. The first-order valence-electron chi connectivity index (χ1n) is 10.8. The predicted molar refractivity (Wildman–Crippen MR) is 133 cm³/mol. The Balaban J connectivity index is 1.53. The third-order valence-electron chi connectivity index (χ3n) is 7.06. The average Bonchev–Trinajstić information content (AvgIpc) is 3.37. The van der Waals surface area contributed by atoms with Crippen molar-refractivity contribution in [2.75, 3.05) is 11.0 Å². The van der Waals surface area contributed by atoms with Crippen LogP contribution in [0.15, 0.2) is 48.9 Å². The number of halogens is 3. The van der Waals surface area contributed by atoms with E-state index in [4.69, 9.17) is 21.7 Å². The summed E-state index contributed by atoms with van der Waals surface area (Å²) in [5.74, 6) is -0.375. The monoisotopic (exact) mass is 594 g/mol. The van der Waals surface area contributed by atoms with Gasteiger partial charge in [0.2, 0.25) is 5.88 Å². The molecule has 0 radical (unpaired) electrons. The number of aromatic nitrogens is 4. The number of benzene rings is 1. The fraction of sp³-hybridized carbons (Fsp3) is 0.348. The third-order valence-corrected chi connectivity index (χ3v) is 7.92. The van der Waals surface area contributed by atoms with Crippen molar-refractivity contribution in [2.24, 2.45) is 5.41 Å². The number of rotatable bonds is 8. The van der Waals surface area contributed by atoms with Crippen molar-refractivity contribution in [3.8, 4) is 11.6 Å². The number of pyridine rings is 1. The topological polar surface area (TPSA) is 97.0 Å². The highest BCUT2D eigenvalue weighted by molar-refractivity contribution is 14.1. The summed E-state index contributed by atoms with van der Waals surface area (Å²) in [6.45, 7) is 0.156. The van der Waals surface area contributed by atoms with Crippen molar-refractivity contribution in [3.05, 3.63) is 65.3 Å². The summed E-state index contributed by atoms with van der Waals surface area (Å²) >= 11 is 8.59. The predicted octanol–water partition coefficient (Wildman–Crippen LogP) is 4.35. The fourth-order valence-corrected chi connectivity index (χ4v) is 6.14. The Morgan fingerprint density at radius 3 is 2.82 bits per heavy atom. The molecule has 176 valence electrons. The summed E-state index contributed by atoms with van der Waals surface area (Å²) in [4.78, 5) is 19.9. The third kappa shape index (κ3) is 3.41. The van der Waals surface area contributed by atoms with E-state index in [1.54, 1.807) is 30.6 Å². The van der Waals surface area contributed by atoms with E-state index in [0.29, 0.717) is 22.7 Å². The molecule has 3 aromatic rings. The van der Waals surface area contributed by atoms with Crippen LogP contribution in [0.4, 0.5) is 4.39 Å². The summed E-state index contributed by atoms with van der Waals surface area (Å²) in [6.07, 6.45) is 8.02. The van der Waals surface area contributed by atoms with Gasteiger partial charge >= 0.3 is 0 Å². The second-order valence-corrected chi connectivity index (χ2v) is 10.0. The minimum absolute atomic E-state index is 0.143. The summed E-state index contributed by atoms with van der Waals surface area (Å²) < 4.78 is 21.6. The number of carbonyl (C=O) groups is 1. The van der Waals surface area contributed by atoms with Gasteiger partial charge in [-0.15, -0.1) is 5.10 Å². The van der Waals surface area contributed by atoms with Crippen LogP contribution in [0.1, 0.15) is 29.6 Å². The number of piperidine rings is 1. The molecule has 2 fully saturated rings. The van der Waals surface area contributed by atoms with Crippen molar-refractivity contribution in [3.63, 3.8) is 0 Å². The molecule has 1 N–H and O–H groups in total. The molecule has 3 unspecified atom stereocenters. The lowest BCUT2D eigenvalue weighted by Gasteiger charge is -2.76. The minimum atomic E-state index is -0.694. The van der Waals surface area contributed by atoms with Crippen LogP contribution < -0.4 is 4.74 Å². The standard InChI is InChI=1S/C23H21ClFIN6O2/c24-15-1-3-18(31-10-9-29-30-31)17(11-15)21(33)32-19(5-8-26)22(13-27)6-7-23(22,32)14-34-20-4-2-16(25)12-28-20/h1-4,9-13,19,27H,5-8,14H2. The van der Waals surface area contributed by atoms with Crippen molar-refractivity contribution in [1.82, 2.24) is 24.9 Å². The largest absolute Gasteiger partial charge is 0.475 e. The molecule has 1 amide bonds. The van der Waals surface area contributed by atoms with Gasteiger partial charge in [0.25, 0.3) is 5.91 Å². The van der Waals surface area contributed by atoms with Crippen molar-refractivity contribution in [2.45, 2.75) is 30.8 Å². The molecule has 11 heteroatoms. The normalized spacial score (nSPS) is 25.1. The van der Waals surface area contributed by atoms with E-state index in [-0.39, 0.29) is 24.4 Å². The van der Waals surface area contributed by atoms with Crippen LogP contribution >= 0.6 is 34.2 Å². The fourth-order valence-electron chi connectivity index (χ4n) is 5.38. The molecule has 0 spiro atoms. The van der Waals surface area contributed by atoms with Crippen LogP contribution in [0.5, 0.6) is 5.88 Å². The van der Waals surface area contributed by atoms with Gasteiger partial charge in [0, 0.05) is 27.8 Å². The van der Waals surface area contributed by atoms with Crippen LogP contribution in [0.3, 0.4) is 0 Å². The van der Waals surface area contributed by atoms with Gasteiger partial charge in [0.05, 0.1) is 40.8 Å². The number of nitrogens with one attached hydrogen (secondary N) is 1. The lowest BCUT2D eigenvalue weighted by molar-refractivity contribution is -0.224. The Bertz CT molecular complexity index is 1230. The second kappa shape index (κ2) is 8.88. The Morgan fingerprint density at radius 1 is 1.35 bits per heavy atom. The number of fused-ring (bicyclic) bond motifs is 1. The van der Waals surface area contributed by atoms with Crippen molar-refractivity contribution in [1.29, 1.82) is 5.41 Å². The van der Waals surface area contributed by atoms with Crippen molar-refractivity contribution >= 4 is 46.3 Å². The highest BCUT2D eigenvalue weighted by Crippen LogP contribution is 2.66. The van der Waals surface area contributed by atoms with Gasteiger partial charge < -0.3 is 15.0 Å². The molecule has 1 saturated carbocycles. The maximum absolute atomic E-state index is 14.1. The van der Waals surface area contributed by atoms with E-state index in [9.17, 15) is 9.18 Å². The van der Waals surface area contributed by atoms with Gasteiger partial charge in [0.15, 0.2) is 0 Å². The minimum Gasteiger partial charge on any atom is -0.475 e. The zero-order valence-corrected chi connectivity index (χ0v) is 20.9. The summed E-state index contributed by atoms with van der Waals surface area (Å²) in [7, 11) is 0. The summed E-state index contributed by atoms with van der Waals surface area (Å²) in [5, 5.41) is 16.6. The molecular weight excluding hydrogens is 574 g/mol. The van der Waals surface area contributed by atoms with Gasteiger partial charge in [-0.3, -0.25) is 4.79 Å². The van der Waals surface area contributed by atoms with Gasteiger partial charge in [0.1, 0.15) is 12.4 Å². The summed E-state index contributed by atoms with van der Waals surface area (Å²) in [5.41, 5.74) is -0.190. The molecule has 8 nitrogen and oxygen atoms in total. The van der Waals surface area contributed by atoms with Gasteiger partial charge in [-0.05, 0) is 43.5 Å². The average molecular weight is 595 g/mol. The van der Waals surface area contributed by atoms with Gasteiger partial charge in [-0.25, -0.2) is 14.1 Å². The Morgan fingerprint density at radius 2 is 2.21 bits per heavy atom. The van der Waals surface area contributed by atoms with E-state index in [1.807, 2.05) is 4.90 Å². The maximum atomic E-state index is 14.1. The quantitative estimate of drug-likeness (QED) is 0.238. The number of carbonyl (C=O) groups excluding carboxylic acids is 1. The molecule has 1 aliphatic heterocycles. The van der Waals surface area contributed by atoms with Crippen LogP contribution in [-0.4, -0.2) is 59.6 Å². The molecule has 2 aromatic heterocycles. The van der Waals surface area contributed by atoms with E-state index < -0.39 is 16.8 Å². The zero-order valence-electron chi connectivity index (χ0n) is 18.0. The molecule has 2 aliphatic rings. The first-order valence-corrected chi connectivity index (χ1v) is 12.7. The molecule has 0 bridgehead atoms. The van der Waals surface area contributed by atoms with E-state index in [2.05, 4.69) is 37.9 Å². The maximum Gasteiger partial charge on any atom is 0.257 e. The first kappa shape index (κ1) is 23.2. The number of alkyl halides is 1. The number of likely N-dealkylation sites (tertiary alicyclic amines) is 1. The van der Waals surface area contributed by atoms with E-state index >= 15 is 0 Å². The Labute approximate surface area is 214 Å². The zero-order chi connectivity index (χ0) is 23.9. The number of amides is 1. The molecule has 5 rings (SSSR count). The second-order valence-electron chi connectivity index (χ2n) is 8.50. The molecule has 1 aromatic carbocycles. The highest BCUT2D eigenvalue weighted by atomic mass is 127. The Hall–Kier alpha value is -2.60. The highest BCUT2D eigenvalue weighted by Gasteiger charge is 2.76. The lowest BCUT2D eigenvalue weighted by Crippen LogP contribution is -2.88. The van der Waals surface area contributed by atoms with Crippen LogP contribution in [-0.2, 0) is 0 Å². The molecule has 1 saturated heterocycles.